The molecule has 2 aromatic carbocycles. The van der Waals surface area contributed by atoms with Gasteiger partial charge in [-0.2, -0.15) is 0 Å². The smallest absolute Gasteiger partial charge is 0.138 e. The second-order valence-electron chi connectivity index (χ2n) is 5.48. The Labute approximate surface area is 128 Å². The molecule has 0 bridgehead atoms. The van der Waals surface area contributed by atoms with Crippen LogP contribution in [0.25, 0.3) is 11.0 Å². The average molecular weight is 292 g/mol. The maximum absolute atomic E-state index is 12.0. The van der Waals surface area contributed by atoms with Crippen molar-refractivity contribution in [3.63, 3.8) is 0 Å². The molecule has 110 valence electrons. The third-order valence-electron chi connectivity index (χ3n) is 3.88. The molecule has 0 spiro atoms. The van der Waals surface area contributed by atoms with Crippen molar-refractivity contribution in [1.29, 1.82) is 0 Å². The molecular formula is C19H16O3. The fourth-order valence-electron chi connectivity index (χ4n) is 2.83. The summed E-state index contributed by atoms with van der Waals surface area (Å²) in [5.74, 6) is 0.446. The van der Waals surface area contributed by atoms with Crippen molar-refractivity contribution in [2.75, 3.05) is 0 Å². The van der Waals surface area contributed by atoms with Crippen LogP contribution in [-0.2, 0) is 15.0 Å². The van der Waals surface area contributed by atoms with Crippen molar-refractivity contribution in [2.45, 2.75) is 18.8 Å². The van der Waals surface area contributed by atoms with Crippen LogP contribution < -0.4 is 0 Å². The predicted octanol–water partition coefficient (Wildman–Crippen LogP) is 3.90. The van der Waals surface area contributed by atoms with Gasteiger partial charge in [0, 0.05) is 11.8 Å². The molecule has 0 N–H and O–H groups in total. The van der Waals surface area contributed by atoms with Crippen molar-refractivity contribution in [3.8, 4) is 0 Å². The maximum atomic E-state index is 12.0. The lowest BCUT2D eigenvalue weighted by molar-refractivity contribution is -0.121. The molecule has 0 fully saturated rings. The van der Waals surface area contributed by atoms with Crippen LogP contribution in [0.4, 0.5) is 0 Å². The summed E-state index contributed by atoms with van der Waals surface area (Å²) in [6.07, 6.45) is 0.905. The van der Waals surface area contributed by atoms with Crippen molar-refractivity contribution >= 4 is 23.0 Å². The van der Waals surface area contributed by atoms with Crippen molar-refractivity contribution in [1.82, 2.24) is 0 Å². The highest BCUT2D eigenvalue weighted by atomic mass is 16.3. The molecule has 1 aromatic heterocycles. The zero-order valence-electron chi connectivity index (χ0n) is 12.3. The molecule has 0 saturated carbocycles. The summed E-state index contributed by atoms with van der Waals surface area (Å²) >= 11 is 0. The Hall–Kier alpha value is -2.68. The average Bonchev–Trinajstić information content (AvgIpc) is 2.97. The summed E-state index contributed by atoms with van der Waals surface area (Å²) in [6.45, 7) is 1.49. The normalized spacial score (nSPS) is 13.7. The summed E-state index contributed by atoms with van der Waals surface area (Å²) in [6, 6.07) is 18.7. The van der Waals surface area contributed by atoms with Gasteiger partial charge in [0.05, 0.1) is 0 Å². The van der Waals surface area contributed by atoms with Gasteiger partial charge in [-0.15, -0.1) is 0 Å². The van der Waals surface area contributed by atoms with Gasteiger partial charge in [0.25, 0.3) is 0 Å². The molecule has 1 heterocycles. The zero-order valence-corrected chi connectivity index (χ0v) is 12.3. The molecule has 3 aromatic rings. The van der Waals surface area contributed by atoms with Crippen LogP contribution in [0.15, 0.2) is 65.1 Å². The fourth-order valence-corrected chi connectivity index (χ4v) is 2.83. The highest BCUT2D eigenvalue weighted by Gasteiger charge is 2.38. The molecule has 0 aliphatic carbocycles. The summed E-state index contributed by atoms with van der Waals surface area (Å²) in [5, 5.41) is 0.920. The molecule has 3 nitrogen and oxygen atoms in total. The molecule has 0 saturated heterocycles. The lowest BCUT2D eigenvalue weighted by Gasteiger charge is -2.25. The van der Waals surface area contributed by atoms with Crippen molar-refractivity contribution < 1.29 is 14.0 Å². The van der Waals surface area contributed by atoms with E-state index in [1.54, 1.807) is 0 Å². The van der Waals surface area contributed by atoms with Crippen LogP contribution in [0.1, 0.15) is 24.7 Å². The van der Waals surface area contributed by atoms with Crippen LogP contribution >= 0.6 is 0 Å². The summed E-state index contributed by atoms with van der Waals surface area (Å²) in [5.41, 5.74) is 0.397. The minimum absolute atomic E-state index is 0.0589. The first-order chi connectivity index (χ1) is 10.7. The van der Waals surface area contributed by atoms with Crippen LogP contribution in [0.3, 0.4) is 0 Å². The molecule has 1 atom stereocenters. The summed E-state index contributed by atoms with van der Waals surface area (Å²) in [7, 11) is 0. The summed E-state index contributed by atoms with van der Waals surface area (Å²) < 4.78 is 5.90. The van der Waals surface area contributed by atoms with E-state index in [0.717, 1.165) is 17.2 Å². The quantitative estimate of drug-likeness (QED) is 0.670. The van der Waals surface area contributed by atoms with Gasteiger partial charge in [-0.3, -0.25) is 4.79 Å². The first-order valence-electron chi connectivity index (χ1n) is 7.16. The van der Waals surface area contributed by atoms with E-state index >= 15 is 0 Å². The van der Waals surface area contributed by atoms with Gasteiger partial charge in [-0.25, -0.2) is 0 Å². The molecule has 0 amide bonds. The Balaban J connectivity index is 2.24. The number of carbonyl (C=O) groups excluding carboxylic acids is 2. The fraction of sp³-hybridized carbons (Fsp3) is 0.158. The molecule has 0 radical (unpaired) electrons. The topological polar surface area (TPSA) is 47.3 Å². The number of para-hydroxylation sites is 1. The van der Waals surface area contributed by atoms with Gasteiger partial charge in [-0.1, -0.05) is 48.5 Å². The van der Waals surface area contributed by atoms with E-state index in [1.807, 2.05) is 60.7 Å². The van der Waals surface area contributed by atoms with E-state index in [9.17, 15) is 9.59 Å². The number of furan rings is 1. The Morgan fingerprint density at radius 3 is 2.41 bits per heavy atom. The van der Waals surface area contributed by atoms with Crippen molar-refractivity contribution in [2.24, 2.45) is 0 Å². The van der Waals surface area contributed by atoms with E-state index in [1.165, 1.54) is 6.92 Å². The van der Waals surface area contributed by atoms with Gasteiger partial charge < -0.3 is 9.21 Å². The number of ketones is 1. The second kappa shape index (κ2) is 5.60. The van der Waals surface area contributed by atoms with Gasteiger partial charge in [0.2, 0.25) is 0 Å². The van der Waals surface area contributed by atoms with Crippen LogP contribution in [0.5, 0.6) is 0 Å². The lowest BCUT2D eigenvalue weighted by Crippen LogP contribution is -2.31. The Morgan fingerprint density at radius 2 is 1.77 bits per heavy atom. The number of Topliss-reactive ketones (excluding diaryl/α,β-unsaturated/α-hetero) is 1. The van der Waals surface area contributed by atoms with Gasteiger partial charge in [0.1, 0.15) is 28.8 Å². The molecule has 3 rings (SSSR count). The number of hydrogen-bond acceptors (Lipinski definition) is 3. The van der Waals surface area contributed by atoms with E-state index in [0.29, 0.717) is 11.3 Å². The lowest BCUT2D eigenvalue weighted by atomic mass is 9.75. The third-order valence-corrected chi connectivity index (χ3v) is 3.88. The Morgan fingerprint density at radius 1 is 1.09 bits per heavy atom. The Bertz CT molecular complexity index is 784. The number of carbonyl (C=O) groups is 2. The number of rotatable bonds is 5. The minimum Gasteiger partial charge on any atom is -0.460 e. The zero-order chi connectivity index (χ0) is 15.6. The number of benzene rings is 2. The highest BCUT2D eigenvalue weighted by molar-refractivity contribution is 5.88. The highest BCUT2D eigenvalue weighted by Crippen LogP contribution is 2.37. The first kappa shape index (κ1) is 14.3. The second-order valence-corrected chi connectivity index (χ2v) is 5.48. The van der Waals surface area contributed by atoms with Crippen LogP contribution in [0.2, 0.25) is 0 Å². The van der Waals surface area contributed by atoms with Gasteiger partial charge in [0.15, 0.2) is 0 Å². The molecule has 0 aliphatic rings. The largest absolute Gasteiger partial charge is 0.460 e. The molecule has 0 aliphatic heterocycles. The van der Waals surface area contributed by atoms with Gasteiger partial charge >= 0.3 is 0 Å². The number of aldehydes is 1. The third kappa shape index (κ3) is 2.35. The van der Waals surface area contributed by atoms with Crippen LogP contribution in [0, 0.1) is 0 Å². The molecule has 22 heavy (non-hydrogen) atoms. The SMILES string of the molecule is CC(=O)CC(C=O)(c1ccccc1)c1cc2ccccc2o1. The Kier molecular flexibility index (Phi) is 3.63. The monoisotopic (exact) mass is 292 g/mol. The van der Waals surface area contributed by atoms with E-state index < -0.39 is 5.41 Å². The van der Waals surface area contributed by atoms with E-state index in [-0.39, 0.29) is 12.2 Å². The minimum atomic E-state index is -1.08. The standard InChI is InChI=1S/C19H16O3/c1-14(21)12-19(13-20,16-8-3-2-4-9-16)18-11-15-7-5-6-10-17(15)22-18/h2-11,13H,12H2,1H3. The van der Waals surface area contributed by atoms with E-state index in [2.05, 4.69) is 0 Å². The van der Waals surface area contributed by atoms with E-state index in [4.69, 9.17) is 4.42 Å². The summed E-state index contributed by atoms with van der Waals surface area (Å²) in [4.78, 5) is 23.8. The maximum Gasteiger partial charge on any atom is 0.138 e. The first-order valence-corrected chi connectivity index (χ1v) is 7.16. The van der Waals surface area contributed by atoms with Gasteiger partial charge in [-0.05, 0) is 24.6 Å². The molecule has 1 unspecified atom stereocenters. The number of fused-ring (bicyclic) bond motifs is 1. The van der Waals surface area contributed by atoms with Crippen molar-refractivity contribution in [3.05, 3.63) is 72.0 Å². The molecule has 3 heteroatoms. The number of hydrogen-bond donors (Lipinski definition) is 0. The van der Waals surface area contributed by atoms with Crippen LogP contribution in [-0.4, -0.2) is 12.1 Å². The predicted molar refractivity (Wildman–Crippen MR) is 84.8 cm³/mol. The molecular weight excluding hydrogens is 276 g/mol.